The molecule has 2 N–H and O–H groups in total. The molecule has 0 bridgehead atoms. The fourth-order valence-corrected chi connectivity index (χ4v) is 2.95. The van der Waals surface area contributed by atoms with Gasteiger partial charge in [-0.1, -0.05) is 12.1 Å². The number of carbonyl (C=O) groups is 1. The smallest absolute Gasteiger partial charge is 0.221 e. The maximum atomic E-state index is 12.0. The summed E-state index contributed by atoms with van der Waals surface area (Å²) in [7, 11) is 0. The zero-order chi connectivity index (χ0) is 16.7. The highest BCUT2D eigenvalue weighted by Crippen LogP contribution is 2.15. The van der Waals surface area contributed by atoms with Crippen molar-refractivity contribution >= 4 is 5.91 Å². The molecule has 128 valence electrons. The van der Waals surface area contributed by atoms with E-state index >= 15 is 0 Å². The first kappa shape index (κ1) is 17.8. The molecule has 1 aromatic rings. The number of hydrogen-bond acceptors (Lipinski definition) is 3. The summed E-state index contributed by atoms with van der Waals surface area (Å²) in [6, 6.07) is 8.82. The molecule has 2 atom stereocenters. The summed E-state index contributed by atoms with van der Waals surface area (Å²) in [6.07, 6.45) is 5.02. The fraction of sp³-hybridized carbons (Fsp3) is 0.632. The maximum Gasteiger partial charge on any atom is 0.221 e. The third-order valence-corrected chi connectivity index (χ3v) is 4.16. The zero-order valence-corrected chi connectivity index (χ0v) is 14.6. The first-order valence-electron chi connectivity index (χ1n) is 8.81. The zero-order valence-electron chi connectivity index (χ0n) is 14.6. The molecular formula is C19H30N2O2. The standard InChI is InChI=1S/C19H30N2O2/c1-14(2)23-18-10-8-16(9-11-18)7-6-15(3)21-19(22)13-17-5-4-12-20-17/h8-11,14-15,17,20H,4-7,12-13H2,1-3H3,(H,21,22). The lowest BCUT2D eigenvalue weighted by atomic mass is 10.1. The first-order chi connectivity index (χ1) is 11.0. The van der Waals surface area contributed by atoms with E-state index in [1.807, 2.05) is 26.0 Å². The van der Waals surface area contributed by atoms with Gasteiger partial charge in [-0.2, -0.15) is 0 Å². The monoisotopic (exact) mass is 318 g/mol. The maximum absolute atomic E-state index is 12.0. The van der Waals surface area contributed by atoms with Gasteiger partial charge >= 0.3 is 0 Å². The largest absolute Gasteiger partial charge is 0.491 e. The number of hydrogen-bond donors (Lipinski definition) is 2. The summed E-state index contributed by atoms with van der Waals surface area (Å²) in [5, 5.41) is 6.48. The number of ether oxygens (including phenoxy) is 1. The number of aryl methyl sites for hydroxylation is 1. The van der Waals surface area contributed by atoms with Crippen LogP contribution in [-0.4, -0.2) is 30.6 Å². The van der Waals surface area contributed by atoms with Crippen molar-refractivity contribution in [2.75, 3.05) is 6.54 Å². The van der Waals surface area contributed by atoms with Crippen LogP contribution in [0.3, 0.4) is 0 Å². The molecule has 0 saturated carbocycles. The van der Waals surface area contributed by atoms with E-state index in [0.717, 1.165) is 31.6 Å². The highest BCUT2D eigenvalue weighted by Gasteiger charge is 2.18. The van der Waals surface area contributed by atoms with Crippen molar-refractivity contribution in [3.8, 4) is 5.75 Å². The van der Waals surface area contributed by atoms with Gasteiger partial charge in [-0.15, -0.1) is 0 Å². The van der Waals surface area contributed by atoms with Crippen LogP contribution in [-0.2, 0) is 11.2 Å². The Kier molecular flexibility index (Phi) is 6.90. The van der Waals surface area contributed by atoms with Crippen LogP contribution < -0.4 is 15.4 Å². The molecule has 2 rings (SSSR count). The van der Waals surface area contributed by atoms with Gasteiger partial charge in [-0.25, -0.2) is 0 Å². The van der Waals surface area contributed by atoms with E-state index < -0.39 is 0 Å². The van der Waals surface area contributed by atoms with Crippen LogP contribution >= 0.6 is 0 Å². The van der Waals surface area contributed by atoms with Crippen molar-refractivity contribution in [2.24, 2.45) is 0 Å². The molecule has 1 aliphatic rings. The average Bonchev–Trinajstić information content (AvgIpc) is 2.98. The van der Waals surface area contributed by atoms with E-state index in [0.29, 0.717) is 12.5 Å². The molecule has 0 radical (unpaired) electrons. The van der Waals surface area contributed by atoms with Crippen molar-refractivity contribution in [1.82, 2.24) is 10.6 Å². The molecule has 0 spiro atoms. The van der Waals surface area contributed by atoms with Crippen LogP contribution in [0.4, 0.5) is 0 Å². The highest BCUT2D eigenvalue weighted by atomic mass is 16.5. The minimum atomic E-state index is 0.164. The number of carbonyl (C=O) groups excluding carboxylic acids is 1. The van der Waals surface area contributed by atoms with Crippen molar-refractivity contribution < 1.29 is 9.53 Å². The number of benzene rings is 1. The molecule has 1 heterocycles. The second-order valence-electron chi connectivity index (χ2n) is 6.82. The van der Waals surface area contributed by atoms with Crippen molar-refractivity contribution in [1.29, 1.82) is 0 Å². The molecule has 1 fully saturated rings. The SMILES string of the molecule is CC(CCc1ccc(OC(C)C)cc1)NC(=O)CC1CCCN1. The van der Waals surface area contributed by atoms with Gasteiger partial charge in [0.1, 0.15) is 5.75 Å². The van der Waals surface area contributed by atoms with Crippen LogP contribution in [0, 0.1) is 0 Å². The van der Waals surface area contributed by atoms with Gasteiger partial charge in [0.15, 0.2) is 0 Å². The summed E-state index contributed by atoms with van der Waals surface area (Å²) in [5.74, 6) is 1.08. The van der Waals surface area contributed by atoms with Gasteiger partial charge in [-0.3, -0.25) is 4.79 Å². The summed E-state index contributed by atoms with van der Waals surface area (Å²) < 4.78 is 5.65. The summed E-state index contributed by atoms with van der Waals surface area (Å²) >= 11 is 0. The van der Waals surface area contributed by atoms with E-state index in [4.69, 9.17) is 4.74 Å². The topological polar surface area (TPSA) is 50.4 Å². The molecule has 1 aliphatic heterocycles. The first-order valence-corrected chi connectivity index (χ1v) is 8.81. The molecule has 1 aromatic carbocycles. The van der Waals surface area contributed by atoms with Crippen LogP contribution in [0.5, 0.6) is 5.75 Å². The quantitative estimate of drug-likeness (QED) is 0.774. The Morgan fingerprint density at radius 1 is 1.30 bits per heavy atom. The second-order valence-corrected chi connectivity index (χ2v) is 6.82. The van der Waals surface area contributed by atoms with Gasteiger partial charge in [0, 0.05) is 18.5 Å². The van der Waals surface area contributed by atoms with Crippen LogP contribution in [0.2, 0.25) is 0 Å². The van der Waals surface area contributed by atoms with Gasteiger partial charge in [0.25, 0.3) is 0 Å². The minimum absolute atomic E-state index is 0.164. The van der Waals surface area contributed by atoms with E-state index in [1.54, 1.807) is 0 Å². The van der Waals surface area contributed by atoms with E-state index in [2.05, 4.69) is 29.7 Å². The number of nitrogens with one attached hydrogen (secondary N) is 2. The third kappa shape index (κ3) is 6.61. The molecule has 0 aliphatic carbocycles. The van der Waals surface area contributed by atoms with Crippen molar-refractivity contribution in [3.05, 3.63) is 29.8 Å². The van der Waals surface area contributed by atoms with E-state index in [9.17, 15) is 4.79 Å². The Bertz CT molecular complexity index is 479. The Hall–Kier alpha value is -1.55. The van der Waals surface area contributed by atoms with Gasteiger partial charge in [0.05, 0.1) is 6.10 Å². The number of amides is 1. The Labute approximate surface area is 140 Å². The van der Waals surface area contributed by atoms with Gasteiger partial charge in [0.2, 0.25) is 5.91 Å². The third-order valence-electron chi connectivity index (χ3n) is 4.16. The predicted octanol–water partition coefficient (Wildman–Crippen LogP) is 3.05. The molecule has 4 heteroatoms. The molecule has 0 aromatic heterocycles. The van der Waals surface area contributed by atoms with Crippen molar-refractivity contribution in [3.63, 3.8) is 0 Å². The lowest BCUT2D eigenvalue weighted by molar-refractivity contribution is -0.122. The fourth-order valence-electron chi connectivity index (χ4n) is 2.95. The summed E-state index contributed by atoms with van der Waals surface area (Å²) in [6.45, 7) is 7.18. The van der Waals surface area contributed by atoms with Crippen molar-refractivity contribution in [2.45, 2.75) is 71.1 Å². The summed E-state index contributed by atoms with van der Waals surface area (Å²) in [5.41, 5.74) is 1.28. The Balaban J connectivity index is 1.68. The average molecular weight is 318 g/mol. The van der Waals surface area contributed by atoms with Crippen LogP contribution in [0.1, 0.15) is 52.0 Å². The lowest BCUT2D eigenvalue weighted by Crippen LogP contribution is -2.37. The lowest BCUT2D eigenvalue weighted by Gasteiger charge is -2.16. The second kappa shape index (κ2) is 8.92. The minimum Gasteiger partial charge on any atom is -0.491 e. The van der Waals surface area contributed by atoms with E-state index in [-0.39, 0.29) is 18.1 Å². The molecule has 23 heavy (non-hydrogen) atoms. The van der Waals surface area contributed by atoms with E-state index in [1.165, 1.54) is 12.0 Å². The molecular weight excluding hydrogens is 288 g/mol. The number of rotatable bonds is 8. The molecule has 2 unspecified atom stereocenters. The molecule has 4 nitrogen and oxygen atoms in total. The van der Waals surface area contributed by atoms with Gasteiger partial charge in [-0.05, 0) is 70.7 Å². The molecule has 1 saturated heterocycles. The Morgan fingerprint density at radius 3 is 2.65 bits per heavy atom. The van der Waals surface area contributed by atoms with Gasteiger partial charge < -0.3 is 15.4 Å². The normalized spacial score (nSPS) is 18.9. The molecule has 1 amide bonds. The van der Waals surface area contributed by atoms with Crippen LogP contribution in [0.15, 0.2) is 24.3 Å². The van der Waals surface area contributed by atoms with Crippen LogP contribution in [0.25, 0.3) is 0 Å². The highest BCUT2D eigenvalue weighted by molar-refractivity contribution is 5.76. The Morgan fingerprint density at radius 2 is 2.04 bits per heavy atom. The predicted molar refractivity (Wildman–Crippen MR) is 93.8 cm³/mol. The summed E-state index contributed by atoms with van der Waals surface area (Å²) in [4.78, 5) is 12.0.